The van der Waals surface area contributed by atoms with Gasteiger partial charge in [-0.3, -0.25) is 4.90 Å². The summed E-state index contributed by atoms with van der Waals surface area (Å²) in [6, 6.07) is 33.7. The monoisotopic (exact) mass is 483 g/mol. The van der Waals surface area contributed by atoms with Crippen LogP contribution in [0.3, 0.4) is 0 Å². The number of hydrogen-bond donors (Lipinski definition) is 1. The van der Waals surface area contributed by atoms with Crippen molar-refractivity contribution in [3.63, 3.8) is 0 Å². The van der Waals surface area contributed by atoms with E-state index < -0.39 is 6.10 Å². The summed E-state index contributed by atoms with van der Waals surface area (Å²) in [6.45, 7) is 2.15. The van der Waals surface area contributed by atoms with Crippen molar-refractivity contribution in [3.8, 4) is 17.2 Å². The number of nitrogens with zero attached hydrogens (tertiary/aromatic N) is 1. The number of methoxy groups -OCH3 is 1. The lowest BCUT2D eigenvalue weighted by atomic mass is 10.1. The van der Waals surface area contributed by atoms with Crippen LogP contribution >= 0.6 is 0 Å². The number of rotatable bonds is 12. The van der Waals surface area contributed by atoms with Gasteiger partial charge in [0.05, 0.1) is 13.2 Å². The first-order valence-corrected chi connectivity index (χ1v) is 12.1. The zero-order valence-electron chi connectivity index (χ0n) is 20.8. The Balaban J connectivity index is 1.30. The SMILES string of the molecule is COc1ccc(CN(C)CC(O)c2ccc(OCc3ccccc3)cc2)cc1OCc1ccccc1. The van der Waals surface area contributed by atoms with E-state index in [1.165, 1.54) is 0 Å². The normalized spacial score (nSPS) is 11.8. The molecule has 1 N–H and O–H groups in total. The molecule has 5 nitrogen and oxygen atoms in total. The lowest BCUT2D eigenvalue weighted by Crippen LogP contribution is -2.24. The van der Waals surface area contributed by atoms with Crippen molar-refractivity contribution >= 4 is 0 Å². The smallest absolute Gasteiger partial charge is 0.161 e. The molecule has 1 atom stereocenters. The second kappa shape index (κ2) is 12.8. The van der Waals surface area contributed by atoms with Gasteiger partial charge in [0, 0.05) is 13.1 Å². The van der Waals surface area contributed by atoms with Crippen molar-refractivity contribution < 1.29 is 19.3 Å². The Hall–Kier alpha value is -3.80. The van der Waals surface area contributed by atoms with Gasteiger partial charge < -0.3 is 19.3 Å². The second-order valence-electron chi connectivity index (χ2n) is 8.82. The standard InChI is InChI=1S/C31H33NO4/c1-32(20-26-13-18-30(34-2)31(19-26)36-23-25-11-7-4-8-12-25)21-29(33)27-14-16-28(17-15-27)35-22-24-9-5-3-6-10-24/h3-19,29,33H,20-23H2,1-2H3. The second-order valence-corrected chi connectivity index (χ2v) is 8.82. The van der Waals surface area contributed by atoms with E-state index >= 15 is 0 Å². The Morgan fingerprint density at radius 2 is 1.31 bits per heavy atom. The van der Waals surface area contributed by atoms with Crippen molar-refractivity contribution in [3.05, 3.63) is 125 Å². The molecule has 0 amide bonds. The minimum absolute atomic E-state index is 0.472. The Morgan fingerprint density at radius 3 is 1.92 bits per heavy atom. The molecule has 0 aliphatic heterocycles. The molecule has 0 aliphatic carbocycles. The predicted octanol–water partition coefficient (Wildman–Crippen LogP) is 6.02. The highest BCUT2D eigenvalue weighted by Gasteiger charge is 2.13. The van der Waals surface area contributed by atoms with Crippen LogP contribution in [-0.4, -0.2) is 30.7 Å². The minimum Gasteiger partial charge on any atom is -0.493 e. The molecule has 0 saturated heterocycles. The van der Waals surface area contributed by atoms with E-state index in [4.69, 9.17) is 14.2 Å². The topological polar surface area (TPSA) is 51.2 Å². The molecule has 36 heavy (non-hydrogen) atoms. The van der Waals surface area contributed by atoms with E-state index in [0.29, 0.717) is 37.8 Å². The number of hydrogen-bond acceptors (Lipinski definition) is 5. The molecule has 186 valence electrons. The van der Waals surface area contributed by atoms with E-state index in [1.807, 2.05) is 110 Å². The molecule has 0 saturated carbocycles. The Labute approximate surface area is 213 Å². The summed E-state index contributed by atoms with van der Waals surface area (Å²) in [7, 11) is 3.64. The summed E-state index contributed by atoms with van der Waals surface area (Å²) in [4.78, 5) is 2.09. The van der Waals surface area contributed by atoms with Crippen molar-refractivity contribution in [2.45, 2.75) is 25.9 Å². The maximum Gasteiger partial charge on any atom is 0.161 e. The molecule has 4 rings (SSSR count). The van der Waals surface area contributed by atoms with Gasteiger partial charge in [0.25, 0.3) is 0 Å². The highest BCUT2D eigenvalue weighted by molar-refractivity contribution is 5.43. The summed E-state index contributed by atoms with van der Waals surface area (Å²) < 4.78 is 17.4. The van der Waals surface area contributed by atoms with E-state index in [9.17, 15) is 5.11 Å². The zero-order valence-corrected chi connectivity index (χ0v) is 20.8. The molecule has 4 aromatic rings. The fraction of sp³-hybridized carbons (Fsp3) is 0.226. The van der Waals surface area contributed by atoms with Crippen molar-refractivity contribution in [2.24, 2.45) is 0 Å². The fourth-order valence-corrected chi connectivity index (χ4v) is 3.97. The van der Waals surface area contributed by atoms with Gasteiger partial charge in [0.15, 0.2) is 11.5 Å². The van der Waals surface area contributed by atoms with Gasteiger partial charge in [0.2, 0.25) is 0 Å². The van der Waals surface area contributed by atoms with Crippen LogP contribution in [0.5, 0.6) is 17.2 Å². The summed E-state index contributed by atoms with van der Waals surface area (Å²) >= 11 is 0. The lowest BCUT2D eigenvalue weighted by molar-refractivity contribution is 0.123. The average molecular weight is 484 g/mol. The molecular weight excluding hydrogens is 450 g/mol. The largest absolute Gasteiger partial charge is 0.493 e. The van der Waals surface area contributed by atoms with Gasteiger partial charge in [-0.2, -0.15) is 0 Å². The van der Waals surface area contributed by atoms with Crippen LogP contribution in [0.1, 0.15) is 28.4 Å². The third kappa shape index (κ3) is 7.35. The summed E-state index contributed by atoms with van der Waals surface area (Å²) in [5, 5.41) is 10.8. The van der Waals surface area contributed by atoms with Gasteiger partial charge in [-0.25, -0.2) is 0 Å². The third-order valence-electron chi connectivity index (χ3n) is 5.92. The van der Waals surface area contributed by atoms with Gasteiger partial charge in [-0.05, 0) is 53.6 Å². The molecule has 0 heterocycles. The Morgan fingerprint density at radius 1 is 0.694 bits per heavy atom. The maximum atomic E-state index is 10.8. The van der Waals surface area contributed by atoms with Crippen LogP contribution in [0.2, 0.25) is 0 Å². The Bertz CT molecular complexity index is 1200. The van der Waals surface area contributed by atoms with Crippen LogP contribution in [0.25, 0.3) is 0 Å². The third-order valence-corrected chi connectivity index (χ3v) is 5.92. The van der Waals surface area contributed by atoms with Gasteiger partial charge in [0.1, 0.15) is 19.0 Å². The number of likely N-dealkylation sites (N-methyl/N-ethyl adjacent to an activating group) is 1. The quantitative estimate of drug-likeness (QED) is 0.267. The van der Waals surface area contributed by atoms with Crippen LogP contribution in [-0.2, 0) is 19.8 Å². The minimum atomic E-state index is -0.606. The van der Waals surface area contributed by atoms with Crippen LogP contribution in [0.4, 0.5) is 0 Å². The molecule has 4 aromatic carbocycles. The average Bonchev–Trinajstić information content (AvgIpc) is 2.92. The van der Waals surface area contributed by atoms with E-state index in [1.54, 1.807) is 7.11 Å². The van der Waals surface area contributed by atoms with Gasteiger partial charge in [-0.1, -0.05) is 78.9 Å². The molecule has 0 bridgehead atoms. The van der Waals surface area contributed by atoms with E-state index in [-0.39, 0.29) is 0 Å². The van der Waals surface area contributed by atoms with Crippen molar-refractivity contribution in [2.75, 3.05) is 20.7 Å². The van der Waals surface area contributed by atoms with E-state index in [2.05, 4.69) is 4.90 Å². The molecule has 0 radical (unpaired) electrons. The van der Waals surface area contributed by atoms with Gasteiger partial charge >= 0.3 is 0 Å². The van der Waals surface area contributed by atoms with Crippen LogP contribution < -0.4 is 14.2 Å². The summed E-state index contributed by atoms with van der Waals surface area (Å²) in [5.74, 6) is 2.19. The van der Waals surface area contributed by atoms with E-state index in [0.717, 1.165) is 28.0 Å². The zero-order chi connectivity index (χ0) is 25.2. The first-order chi connectivity index (χ1) is 17.6. The van der Waals surface area contributed by atoms with Gasteiger partial charge in [-0.15, -0.1) is 0 Å². The molecule has 0 spiro atoms. The molecular formula is C31H33NO4. The first-order valence-electron chi connectivity index (χ1n) is 12.1. The van der Waals surface area contributed by atoms with Crippen LogP contribution in [0.15, 0.2) is 103 Å². The number of benzene rings is 4. The maximum absolute atomic E-state index is 10.8. The first kappa shape index (κ1) is 25.3. The molecule has 0 fully saturated rings. The number of ether oxygens (including phenoxy) is 3. The molecule has 5 heteroatoms. The number of aliphatic hydroxyl groups excluding tert-OH is 1. The van der Waals surface area contributed by atoms with Crippen molar-refractivity contribution in [1.29, 1.82) is 0 Å². The number of aliphatic hydroxyl groups is 1. The molecule has 1 unspecified atom stereocenters. The highest BCUT2D eigenvalue weighted by Crippen LogP contribution is 2.29. The lowest BCUT2D eigenvalue weighted by Gasteiger charge is -2.22. The molecule has 0 aliphatic rings. The van der Waals surface area contributed by atoms with Crippen molar-refractivity contribution in [1.82, 2.24) is 4.90 Å². The highest BCUT2D eigenvalue weighted by atomic mass is 16.5. The summed E-state index contributed by atoms with van der Waals surface area (Å²) in [5.41, 5.74) is 4.16. The molecule has 0 aromatic heterocycles. The predicted molar refractivity (Wildman–Crippen MR) is 142 cm³/mol. The Kier molecular flexibility index (Phi) is 8.98. The van der Waals surface area contributed by atoms with Crippen LogP contribution in [0, 0.1) is 0 Å². The fourth-order valence-electron chi connectivity index (χ4n) is 3.97. The summed E-state index contributed by atoms with van der Waals surface area (Å²) in [6.07, 6.45) is -0.606.